The Labute approximate surface area is 160 Å². The number of benzene rings is 2. The van der Waals surface area contributed by atoms with Crippen LogP contribution in [-0.2, 0) is 19.1 Å². The fourth-order valence-corrected chi connectivity index (χ4v) is 2.72. The third kappa shape index (κ3) is 4.49. The Hall–Kier alpha value is -3.34. The van der Waals surface area contributed by atoms with Gasteiger partial charge in [0.2, 0.25) is 11.8 Å². The van der Waals surface area contributed by atoms with Crippen molar-refractivity contribution in [2.24, 2.45) is 0 Å². The molecule has 3 rings (SSSR count). The van der Waals surface area contributed by atoms with Gasteiger partial charge in [0.1, 0.15) is 6.54 Å². The minimum atomic E-state index is -4.35. The molecule has 0 aliphatic heterocycles. The van der Waals surface area contributed by atoms with E-state index in [1.54, 1.807) is 0 Å². The van der Waals surface area contributed by atoms with E-state index in [4.69, 9.17) is 9.68 Å². The maximum atomic E-state index is 12.7. The Morgan fingerprint density at radius 1 is 1.07 bits per heavy atom. The monoisotopic (exact) mass is 386 g/mol. The Morgan fingerprint density at radius 3 is 2.43 bits per heavy atom. The largest absolute Gasteiger partial charge is 0.419 e. The summed E-state index contributed by atoms with van der Waals surface area (Å²) in [7, 11) is 0. The van der Waals surface area contributed by atoms with Gasteiger partial charge < -0.3 is 9.32 Å². The number of halogens is 3. The molecule has 0 fully saturated rings. The predicted molar refractivity (Wildman–Crippen MR) is 95.7 cm³/mol. The van der Waals surface area contributed by atoms with Crippen molar-refractivity contribution < 1.29 is 17.6 Å². The van der Waals surface area contributed by atoms with E-state index in [0.717, 1.165) is 23.3 Å². The quantitative estimate of drug-likeness (QED) is 0.456. The molecule has 8 heteroatoms. The first-order valence-electron chi connectivity index (χ1n) is 8.62. The van der Waals surface area contributed by atoms with Crippen molar-refractivity contribution in [3.05, 3.63) is 71.1 Å². The van der Waals surface area contributed by atoms with Crippen molar-refractivity contribution >= 4 is 0 Å². The van der Waals surface area contributed by atoms with Crippen molar-refractivity contribution in [3.8, 4) is 17.6 Å². The van der Waals surface area contributed by atoms with E-state index < -0.39 is 11.7 Å². The molecular weight excluding hydrogens is 369 g/mol. The van der Waals surface area contributed by atoms with Gasteiger partial charge >= 0.3 is 6.18 Å². The molecule has 0 aliphatic rings. The van der Waals surface area contributed by atoms with Crippen molar-refractivity contribution in [1.29, 1.82) is 5.26 Å². The van der Waals surface area contributed by atoms with Gasteiger partial charge in [0.15, 0.2) is 6.19 Å². The maximum absolute atomic E-state index is 12.7. The molecule has 0 atom stereocenters. The zero-order chi connectivity index (χ0) is 20.1. The van der Waals surface area contributed by atoms with Crippen molar-refractivity contribution in [2.75, 3.05) is 6.54 Å². The number of hydrogen-bond acceptors (Lipinski definition) is 5. The SMILES string of the molecule is CCN(C#N)Cc1nnc(-c2ccccc2Cc2ccc(C(F)(F)F)cc2)o1. The molecule has 0 aliphatic carbocycles. The van der Waals surface area contributed by atoms with Crippen LogP contribution in [0.3, 0.4) is 0 Å². The van der Waals surface area contributed by atoms with Crippen LogP contribution < -0.4 is 0 Å². The first kappa shape index (κ1) is 19.4. The molecule has 1 aromatic heterocycles. The molecule has 0 saturated carbocycles. The fraction of sp³-hybridized carbons (Fsp3) is 0.250. The first-order chi connectivity index (χ1) is 13.4. The van der Waals surface area contributed by atoms with E-state index >= 15 is 0 Å². The topological polar surface area (TPSA) is 66.0 Å². The zero-order valence-electron chi connectivity index (χ0n) is 15.1. The summed E-state index contributed by atoms with van der Waals surface area (Å²) in [6, 6.07) is 12.4. The lowest BCUT2D eigenvalue weighted by Gasteiger charge is -2.10. The van der Waals surface area contributed by atoms with Crippen LogP contribution in [0.1, 0.15) is 29.5 Å². The molecule has 5 nitrogen and oxygen atoms in total. The summed E-state index contributed by atoms with van der Waals surface area (Å²) in [5, 5.41) is 17.0. The smallest absolute Gasteiger partial charge is 0.416 e. The summed E-state index contributed by atoms with van der Waals surface area (Å²) in [5.74, 6) is 0.634. The average molecular weight is 386 g/mol. The number of hydrogen-bond donors (Lipinski definition) is 0. The second-order valence-corrected chi connectivity index (χ2v) is 6.14. The van der Waals surface area contributed by atoms with E-state index in [9.17, 15) is 13.2 Å². The third-order valence-corrected chi connectivity index (χ3v) is 4.24. The van der Waals surface area contributed by atoms with Gasteiger partial charge in [0.05, 0.1) is 5.56 Å². The fourth-order valence-electron chi connectivity index (χ4n) is 2.72. The molecule has 144 valence electrons. The number of nitrogens with zero attached hydrogens (tertiary/aromatic N) is 4. The molecule has 28 heavy (non-hydrogen) atoms. The molecule has 0 unspecified atom stereocenters. The number of nitriles is 1. The van der Waals surface area contributed by atoms with Gasteiger partial charge in [-0.15, -0.1) is 10.2 Å². The van der Waals surface area contributed by atoms with E-state index in [1.807, 2.05) is 37.4 Å². The molecule has 0 saturated heterocycles. The van der Waals surface area contributed by atoms with Gasteiger partial charge in [0, 0.05) is 12.1 Å². The van der Waals surface area contributed by atoms with Gasteiger partial charge in [-0.2, -0.15) is 18.4 Å². The van der Waals surface area contributed by atoms with Gasteiger partial charge in [-0.1, -0.05) is 30.3 Å². The third-order valence-electron chi connectivity index (χ3n) is 4.24. The second-order valence-electron chi connectivity index (χ2n) is 6.14. The summed E-state index contributed by atoms with van der Waals surface area (Å²) in [6.07, 6.45) is -1.90. The van der Waals surface area contributed by atoms with Crippen LogP contribution in [0.4, 0.5) is 13.2 Å². The van der Waals surface area contributed by atoms with E-state index in [2.05, 4.69) is 10.2 Å². The van der Waals surface area contributed by atoms with Crippen LogP contribution >= 0.6 is 0 Å². The summed E-state index contributed by atoms with van der Waals surface area (Å²) in [5.41, 5.74) is 1.62. The average Bonchev–Trinajstić information content (AvgIpc) is 3.14. The molecule has 0 N–H and O–H groups in total. The molecule has 0 spiro atoms. The minimum Gasteiger partial charge on any atom is -0.419 e. The Kier molecular flexibility index (Phi) is 5.64. The van der Waals surface area contributed by atoms with Crippen molar-refractivity contribution in [3.63, 3.8) is 0 Å². The highest BCUT2D eigenvalue weighted by Crippen LogP contribution is 2.30. The number of rotatable bonds is 6. The van der Waals surface area contributed by atoms with Crippen LogP contribution in [-0.4, -0.2) is 21.6 Å². The molecule has 3 aromatic rings. The van der Waals surface area contributed by atoms with Crippen LogP contribution in [0.2, 0.25) is 0 Å². The number of aromatic nitrogens is 2. The first-order valence-corrected chi connectivity index (χ1v) is 8.62. The normalized spacial score (nSPS) is 11.2. The minimum absolute atomic E-state index is 0.223. The standard InChI is InChI=1S/C20H17F3N4O/c1-2-27(13-24)12-18-25-26-19(28-18)17-6-4-3-5-15(17)11-14-7-9-16(10-8-14)20(21,22)23/h3-10H,2,11-12H2,1H3. The lowest BCUT2D eigenvalue weighted by Crippen LogP contribution is -2.16. The predicted octanol–water partition coefficient (Wildman–Crippen LogP) is 4.65. The van der Waals surface area contributed by atoms with Crippen molar-refractivity contribution in [2.45, 2.75) is 26.1 Å². The highest BCUT2D eigenvalue weighted by Gasteiger charge is 2.29. The summed E-state index contributed by atoms with van der Waals surface area (Å²) >= 11 is 0. The second kappa shape index (κ2) is 8.13. The number of alkyl halides is 3. The van der Waals surface area contributed by atoms with E-state index in [0.29, 0.717) is 30.3 Å². The van der Waals surface area contributed by atoms with Crippen LogP contribution in [0, 0.1) is 11.5 Å². The summed E-state index contributed by atoms with van der Waals surface area (Å²) in [4.78, 5) is 1.48. The van der Waals surface area contributed by atoms with Crippen LogP contribution in [0.5, 0.6) is 0 Å². The van der Waals surface area contributed by atoms with Gasteiger partial charge in [0.25, 0.3) is 0 Å². The highest BCUT2D eigenvalue weighted by molar-refractivity contribution is 5.59. The van der Waals surface area contributed by atoms with Gasteiger partial charge in [-0.3, -0.25) is 0 Å². The molecule has 2 aromatic carbocycles. The van der Waals surface area contributed by atoms with Gasteiger partial charge in [-0.25, -0.2) is 0 Å². The molecule has 0 radical (unpaired) electrons. The van der Waals surface area contributed by atoms with E-state index in [-0.39, 0.29) is 6.54 Å². The summed E-state index contributed by atoms with van der Waals surface area (Å²) in [6.45, 7) is 2.60. The maximum Gasteiger partial charge on any atom is 0.416 e. The zero-order valence-corrected chi connectivity index (χ0v) is 15.1. The van der Waals surface area contributed by atoms with Gasteiger partial charge in [-0.05, 0) is 42.7 Å². The molecular formula is C20H17F3N4O. The van der Waals surface area contributed by atoms with Crippen molar-refractivity contribution in [1.82, 2.24) is 15.1 Å². The Morgan fingerprint density at radius 2 is 1.79 bits per heavy atom. The van der Waals surface area contributed by atoms with Crippen LogP contribution in [0.15, 0.2) is 52.9 Å². The Bertz CT molecular complexity index is 974. The Balaban J connectivity index is 1.82. The highest BCUT2D eigenvalue weighted by atomic mass is 19.4. The van der Waals surface area contributed by atoms with E-state index in [1.165, 1.54) is 17.0 Å². The lowest BCUT2D eigenvalue weighted by molar-refractivity contribution is -0.137. The lowest BCUT2D eigenvalue weighted by atomic mass is 9.99. The molecule has 0 bridgehead atoms. The summed E-state index contributed by atoms with van der Waals surface area (Å²) < 4.78 is 43.9. The molecule has 1 heterocycles. The van der Waals surface area contributed by atoms with Crippen LogP contribution in [0.25, 0.3) is 11.5 Å². The molecule has 0 amide bonds.